The molecule has 0 fully saturated rings. The van der Waals surface area contributed by atoms with Crippen LogP contribution in [0.5, 0.6) is 0 Å². The van der Waals surface area contributed by atoms with Crippen molar-refractivity contribution in [2.45, 2.75) is 33.1 Å². The molecular formula is C14H16BrNO. The fourth-order valence-electron chi connectivity index (χ4n) is 2.12. The molecule has 0 heterocycles. The zero-order valence-corrected chi connectivity index (χ0v) is 11.7. The summed E-state index contributed by atoms with van der Waals surface area (Å²) in [4.78, 5) is 11.4. The lowest BCUT2D eigenvalue weighted by atomic mass is 10.0. The molecule has 0 saturated carbocycles. The zero-order chi connectivity index (χ0) is 12.4. The Balaban J connectivity index is 2.27. The van der Waals surface area contributed by atoms with Crippen molar-refractivity contribution in [2.24, 2.45) is 0 Å². The molecule has 0 amide bonds. The van der Waals surface area contributed by atoms with Gasteiger partial charge in [0.1, 0.15) is 0 Å². The van der Waals surface area contributed by atoms with E-state index in [2.05, 4.69) is 47.2 Å². The van der Waals surface area contributed by atoms with Gasteiger partial charge in [0.15, 0.2) is 5.78 Å². The van der Waals surface area contributed by atoms with Crippen LogP contribution >= 0.6 is 15.9 Å². The summed E-state index contributed by atoms with van der Waals surface area (Å²) in [5.41, 5.74) is 4.51. The minimum absolute atomic E-state index is 0.222. The first-order chi connectivity index (χ1) is 8.06. The maximum Gasteiger partial charge on any atom is 0.157 e. The number of carbonyl (C=O) groups is 1. The highest BCUT2D eigenvalue weighted by Gasteiger charge is 2.12. The number of nitrogens with one attached hydrogen (secondary N) is 1. The van der Waals surface area contributed by atoms with Crippen LogP contribution in [0.4, 0.5) is 5.69 Å². The van der Waals surface area contributed by atoms with Gasteiger partial charge in [-0.05, 0) is 59.8 Å². The number of halogens is 1. The van der Waals surface area contributed by atoms with E-state index in [1.54, 1.807) is 6.08 Å². The van der Waals surface area contributed by atoms with Crippen molar-refractivity contribution in [1.29, 1.82) is 0 Å². The summed E-state index contributed by atoms with van der Waals surface area (Å²) in [7, 11) is 0. The quantitative estimate of drug-likeness (QED) is 0.889. The van der Waals surface area contributed by atoms with Gasteiger partial charge in [-0.25, -0.2) is 0 Å². The number of hydrogen-bond donors (Lipinski definition) is 1. The van der Waals surface area contributed by atoms with Gasteiger partial charge in [0.2, 0.25) is 0 Å². The molecule has 0 radical (unpaired) electrons. The second-order valence-corrected chi connectivity index (χ2v) is 5.41. The molecule has 2 nitrogen and oxygen atoms in total. The van der Waals surface area contributed by atoms with E-state index in [1.165, 1.54) is 11.1 Å². The summed E-state index contributed by atoms with van der Waals surface area (Å²) in [6.07, 6.45) is 4.31. The average molecular weight is 294 g/mol. The molecule has 0 aromatic heterocycles. The number of aryl methyl sites for hydroxylation is 2. The molecule has 1 aliphatic carbocycles. The lowest BCUT2D eigenvalue weighted by molar-refractivity contribution is -0.115. The monoisotopic (exact) mass is 293 g/mol. The predicted molar refractivity (Wildman–Crippen MR) is 74.2 cm³/mol. The predicted octanol–water partition coefficient (Wildman–Crippen LogP) is 4.11. The van der Waals surface area contributed by atoms with Gasteiger partial charge in [-0.3, -0.25) is 4.79 Å². The molecule has 0 bridgehead atoms. The van der Waals surface area contributed by atoms with Crippen molar-refractivity contribution in [1.82, 2.24) is 0 Å². The first kappa shape index (κ1) is 12.4. The third-order valence-electron chi connectivity index (χ3n) is 2.92. The Morgan fingerprint density at radius 2 is 2.00 bits per heavy atom. The molecule has 0 unspecified atom stereocenters. The zero-order valence-electron chi connectivity index (χ0n) is 10.1. The van der Waals surface area contributed by atoms with Crippen molar-refractivity contribution in [2.75, 3.05) is 5.32 Å². The number of rotatable bonds is 2. The van der Waals surface area contributed by atoms with Crippen molar-refractivity contribution in [3.63, 3.8) is 0 Å². The maximum absolute atomic E-state index is 11.4. The topological polar surface area (TPSA) is 29.1 Å². The molecule has 0 aliphatic heterocycles. The molecule has 1 aromatic rings. The van der Waals surface area contributed by atoms with Crippen LogP contribution in [0.25, 0.3) is 0 Å². The third-order valence-corrected chi connectivity index (χ3v) is 3.55. The standard InChI is InChI=1S/C14H16BrNO/c1-9-6-10(2)14(13(15)7-9)16-11-4-3-5-12(17)8-11/h6-8,16H,3-5H2,1-2H3. The van der Waals surface area contributed by atoms with Crippen LogP contribution in [0.3, 0.4) is 0 Å². The van der Waals surface area contributed by atoms with Crippen LogP contribution in [0.15, 0.2) is 28.4 Å². The molecule has 0 saturated heterocycles. The van der Waals surface area contributed by atoms with E-state index in [9.17, 15) is 4.79 Å². The summed E-state index contributed by atoms with van der Waals surface area (Å²) in [5.74, 6) is 0.222. The average Bonchev–Trinajstić information content (AvgIpc) is 2.23. The number of ketones is 1. The molecule has 1 N–H and O–H groups in total. The van der Waals surface area contributed by atoms with Gasteiger partial charge >= 0.3 is 0 Å². The largest absolute Gasteiger partial charge is 0.358 e. The first-order valence-electron chi connectivity index (χ1n) is 5.83. The molecule has 0 atom stereocenters. The number of benzene rings is 1. The SMILES string of the molecule is Cc1cc(C)c(NC2=CC(=O)CCC2)c(Br)c1. The van der Waals surface area contributed by atoms with Gasteiger partial charge in [0.05, 0.1) is 5.69 Å². The summed E-state index contributed by atoms with van der Waals surface area (Å²) < 4.78 is 1.05. The summed E-state index contributed by atoms with van der Waals surface area (Å²) in [6, 6.07) is 4.22. The summed E-state index contributed by atoms with van der Waals surface area (Å²) in [6.45, 7) is 4.15. The summed E-state index contributed by atoms with van der Waals surface area (Å²) >= 11 is 3.57. The number of anilines is 1. The van der Waals surface area contributed by atoms with Gasteiger partial charge in [0.25, 0.3) is 0 Å². The van der Waals surface area contributed by atoms with Crippen LogP contribution < -0.4 is 5.32 Å². The summed E-state index contributed by atoms with van der Waals surface area (Å²) in [5, 5.41) is 3.37. The van der Waals surface area contributed by atoms with Crippen LogP contribution in [0.2, 0.25) is 0 Å². The van der Waals surface area contributed by atoms with Gasteiger partial charge in [0, 0.05) is 22.7 Å². The Morgan fingerprint density at radius 3 is 2.65 bits per heavy atom. The van der Waals surface area contributed by atoms with Crippen molar-refractivity contribution in [3.05, 3.63) is 39.5 Å². The van der Waals surface area contributed by atoms with E-state index >= 15 is 0 Å². The minimum atomic E-state index is 0.222. The smallest absolute Gasteiger partial charge is 0.157 e. The Hall–Kier alpha value is -1.09. The molecule has 2 rings (SSSR count). The van der Waals surface area contributed by atoms with Gasteiger partial charge in [-0.2, -0.15) is 0 Å². The fraction of sp³-hybridized carbons (Fsp3) is 0.357. The van der Waals surface area contributed by atoms with E-state index in [1.807, 2.05) is 0 Å². The van der Waals surface area contributed by atoms with Gasteiger partial charge in [-0.1, -0.05) is 6.07 Å². The highest BCUT2D eigenvalue weighted by Crippen LogP contribution is 2.30. The fourth-order valence-corrected chi connectivity index (χ4v) is 2.90. The molecule has 1 aliphatic rings. The van der Waals surface area contributed by atoms with Crippen molar-refractivity contribution in [3.8, 4) is 0 Å². The van der Waals surface area contributed by atoms with E-state index in [0.717, 1.165) is 28.7 Å². The molecule has 17 heavy (non-hydrogen) atoms. The molecule has 1 aromatic carbocycles. The minimum Gasteiger partial charge on any atom is -0.358 e. The lowest BCUT2D eigenvalue weighted by Gasteiger charge is -2.17. The highest BCUT2D eigenvalue weighted by molar-refractivity contribution is 9.10. The van der Waals surface area contributed by atoms with E-state index in [4.69, 9.17) is 0 Å². The molecular weight excluding hydrogens is 278 g/mol. The van der Waals surface area contributed by atoms with Crippen LogP contribution in [-0.2, 0) is 4.79 Å². The van der Waals surface area contributed by atoms with Crippen molar-refractivity contribution < 1.29 is 4.79 Å². The lowest BCUT2D eigenvalue weighted by Crippen LogP contribution is -2.10. The Kier molecular flexibility index (Phi) is 3.67. The van der Waals surface area contributed by atoms with Gasteiger partial charge in [-0.15, -0.1) is 0 Å². The number of carbonyl (C=O) groups excluding carboxylic acids is 1. The van der Waals surface area contributed by atoms with Crippen LogP contribution in [-0.4, -0.2) is 5.78 Å². The van der Waals surface area contributed by atoms with Crippen molar-refractivity contribution >= 4 is 27.4 Å². The Bertz CT molecular complexity index is 468. The van der Waals surface area contributed by atoms with E-state index < -0.39 is 0 Å². The number of hydrogen-bond acceptors (Lipinski definition) is 2. The van der Waals surface area contributed by atoms with E-state index in [0.29, 0.717) is 6.42 Å². The van der Waals surface area contributed by atoms with Crippen LogP contribution in [0.1, 0.15) is 30.4 Å². The molecule has 90 valence electrons. The highest BCUT2D eigenvalue weighted by atomic mass is 79.9. The maximum atomic E-state index is 11.4. The molecule has 0 spiro atoms. The first-order valence-corrected chi connectivity index (χ1v) is 6.63. The Morgan fingerprint density at radius 1 is 1.24 bits per heavy atom. The van der Waals surface area contributed by atoms with Crippen LogP contribution in [0, 0.1) is 13.8 Å². The third kappa shape index (κ3) is 2.97. The Labute approximate surface area is 110 Å². The second-order valence-electron chi connectivity index (χ2n) is 4.55. The van der Waals surface area contributed by atoms with E-state index in [-0.39, 0.29) is 5.78 Å². The number of allylic oxidation sites excluding steroid dienone is 2. The van der Waals surface area contributed by atoms with Gasteiger partial charge < -0.3 is 5.32 Å². The second kappa shape index (κ2) is 5.05. The normalized spacial score (nSPS) is 15.7. The molecule has 3 heteroatoms.